The summed E-state index contributed by atoms with van der Waals surface area (Å²) >= 11 is 0. The molecule has 8 rings (SSSR count). The Hall–Kier alpha value is -5.61. The van der Waals surface area contributed by atoms with Crippen LogP contribution in [0.15, 0.2) is 133 Å². The number of aromatic nitrogens is 4. The lowest BCUT2D eigenvalue weighted by molar-refractivity contribution is 0.661. The molecule has 0 saturated carbocycles. The number of hydrogen-bond acceptors (Lipinski definition) is 3. The van der Waals surface area contributed by atoms with E-state index in [0.717, 1.165) is 23.1 Å². The molecule has 4 heteroatoms. The van der Waals surface area contributed by atoms with Crippen LogP contribution in [-0.2, 0) is 5.41 Å². The molecule has 0 aliphatic heterocycles. The second-order valence-corrected chi connectivity index (χ2v) is 12.7. The van der Waals surface area contributed by atoms with E-state index in [9.17, 15) is 0 Å². The molecule has 228 valence electrons. The van der Waals surface area contributed by atoms with E-state index in [1.165, 1.54) is 49.8 Å². The van der Waals surface area contributed by atoms with Crippen LogP contribution >= 0.6 is 0 Å². The second kappa shape index (κ2) is 11.3. The molecule has 4 nitrogen and oxygen atoms in total. The molecule has 47 heavy (non-hydrogen) atoms. The molecular weight excluding hydrogens is 573 g/mol. The van der Waals surface area contributed by atoms with E-state index in [0.29, 0.717) is 17.5 Å². The highest BCUT2D eigenvalue weighted by Gasteiger charge is 2.36. The average Bonchev–Trinajstić information content (AvgIpc) is 3.56. The Morgan fingerprint density at radius 2 is 1.26 bits per heavy atom. The van der Waals surface area contributed by atoms with Crippen molar-refractivity contribution < 1.29 is 0 Å². The highest BCUT2D eigenvalue weighted by molar-refractivity contribution is 6.12. The van der Waals surface area contributed by atoms with Crippen molar-refractivity contribution in [1.29, 1.82) is 0 Å². The van der Waals surface area contributed by atoms with Crippen molar-refractivity contribution in [2.24, 2.45) is 0 Å². The molecule has 2 aromatic heterocycles. The topological polar surface area (TPSA) is 43.6 Å². The van der Waals surface area contributed by atoms with Gasteiger partial charge in [-0.25, -0.2) is 15.0 Å². The summed E-state index contributed by atoms with van der Waals surface area (Å²) in [5, 5.41) is 2.53. The normalized spacial score (nSPS) is 14.0. The van der Waals surface area contributed by atoms with E-state index in [-0.39, 0.29) is 5.41 Å². The number of benzene rings is 5. The Morgan fingerprint density at radius 1 is 0.638 bits per heavy atom. The molecule has 0 amide bonds. The van der Waals surface area contributed by atoms with Gasteiger partial charge < -0.3 is 4.57 Å². The minimum absolute atomic E-state index is 0.0848. The van der Waals surface area contributed by atoms with Crippen molar-refractivity contribution in [3.05, 3.63) is 150 Å². The van der Waals surface area contributed by atoms with Crippen molar-refractivity contribution in [3.63, 3.8) is 0 Å². The van der Waals surface area contributed by atoms with Crippen LogP contribution in [0.5, 0.6) is 0 Å². The summed E-state index contributed by atoms with van der Waals surface area (Å²) in [6.07, 6.45) is 5.20. The molecule has 0 saturated heterocycles. The maximum atomic E-state index is 5.04. The van der Waals surface area contributed by atoms with Crippen LogP contribution in [0.4, 0.5) is 0 Å². The maximum Gasteiger partial charge on any atom is 0.164 e. The fraction of sp³-hybridized carbons (Fsp3) is 0.140. The van der Waals surface area contributed by atoms with Crippen LogP contribution in [-0.4, -0.2) is 19.5 Å². The fourth-order valence-corrected chi connectivity index (χ4v) is 7.19. The highest BCUT2D eigenvalue weighted by Crippen LogP contribution is 2.51. The fourth-order valence-electron chi connectivity index (χ4n) is 7.19. The van der Waals surface area contributed by atoms with Crippen LogP contribution in [0, 0.1) is 0 Å². The SMILES string of the molecule is C/C=C(\C=C(/CC)n1c2ccccc2c2cc3c(cc21)C(C)(C)c1ccccc1-3)c1nc(-c2ccccc2)nc(-c2ccccc2)n1. The van der Waals surface area contributed by atoms with Crippen LogP contribution < -0.4 is 0 Å². The van der Waals surface area contributed by atoms with Gasteiger partial charge in [-0.3, -0.25) is 0 Å². The van der Waals surface area contributed by atoms with E-state index < -0.39 is 0 Å². The quantitative estimate of drug-likeness (QED) is 0.176. The molecular formula is C43H36N4. The first-order valence-electron chi connectivity index (χ1n) is 16.4. The summed E-state index contributed by atoms with van der Waals surface area (Å²) in [7, 11) is 0. The van der Waals surface area contributed by atoms with Crippen molar-refractivity contribution in [3.8, 4) is 33.9 Å². The zero-order valence-electron chi connectivity index (χ0n) is 27.2. The smallest absolute Gasteiger partial charge is 0.164 e. The Kier molecular flexibility index (Phi) is 6.95. The Bertz CT molecular complexity index is 2300. The molecule has 0 atom stereocenters. The zero-order valence-corrected chi connectivity index (χ0v) is 27.2. The number of fused-ring (bicyclic) bond motifs is 6. The second-order valence-electron chi connectivity index (χ2n) is 12.7. The summed E-state index contributed by atoms with van der Waals surface area (Å²) in [4.78, 5) is 15.0. The largest absolute Gasteiger partial charge is 0.313 e. The first kappa shape index (κ1) is 28.8. The third-order valence-electron chi connectivity index (χ3n) is 9.62. The summed E-state index contributed by atoms with van der Waals surface area (Å²) < 4.78 is 2.45. The van der Waals surface area contributed by atoms with Crippen LogP contribution in [0.3, 0.4) is 0 Å². The van der Waals surface area contributed by atoms with Gasteiger partial charge in [0.15, 0.2) is 17.5 Å². The molecule has 0 unspecified atom stereocenters. The predicted molar refractivity (Wildman–Crippen MR) is 196 cm³/mol. The van der Waals surface area contributed by atoms with Crippen LogP contribution in [0.1, 0.15) is 51.1 Å². The molecule has 0 fully saturated rings. The molecule has 0 radical (unpaired) electrons. The van der Waals surface area contributed by atoms with E-state index in [4.69, 9.17) is 15.0 Å². The van der Waals surface area contributed by atoms with Crippen molar-refractivity contribution in [2.45, 2.75) is 39.5 Å². The lowest BCUT2D eigenvalue weighted by Crippen LogP contribution is -2.15. The Balaban J connectivity index is 1.33. The van der Waals surface area contributed by atoms with Gasteiger partial charge in [-0.1, -0.05) is 130 Å². The first-order valence-corrected chi connectivity index (χ1v) is 16.4. The number of rotatable bonds is 6. The van der Waals surface area contributed by atoms with Gasteiger partial charge in [-0.15, -0.1) is 0 Å². The van der Waals surface area contributed by atoms with Crippen LogP contribution in [0.25, 0.3) is 67.0 Å². The van der Waals surface area contributed by atoms with Gasteiger partial charge >= 0.3 is 0 Å². The van der Waals surface area contributed by atoms with Crippen molar-refractivity contribution in [1.82, 2.24) is 19.5 Å². The molecule has 2 heterocycles. The summed E-state index contributed by atoms with van der Waals surface area (Å²) in [6, 6.07) is 42.8. The van der Waals surface area contributed by atoms with Crippen molar-refractivity contribution >= 4 is 33.1 Å². The monoisotopic (exact) mass is 608 g/mol. The third kappa shape index (κ3) is 4.71. The molecule has 0 N–H and O–H groups in total. The van der Waals surface area contributed by atoms with E-state index in [2.05, 4.69) is 105 Å². The standard InChI is InChI=1S/C43H36N4/c1-5-28(40-44-41(29-17-9-7-10-18-29)46-42(45-40)30-19-11-8-12-20-30)25-31(6-2)47-38-24-16-14-22-33(38)35-26-34-32-21-13-15-23-36(32)43(3,4)37(34)27-39(35)47/h5,7-27H,6H2,1-4H3/b28-5+,31-25+. The van der Waals surface area contributed by atoms with Gasteiger partial charge in [0.05, 0.1) is 11.0 Å². The third-order valence-corrected chi connectivity index (χ3v) is 9.62. The molecule has 1 aliphatic carbocycles. The maximum absolute atomic E-state index is 5.04. The summed E-state index contributed by atoms with van der Waals surface area (Å²) in [5.74, 6) is 1.98. The minimum atomic E-state index is -0.0848. The van der Waals surface area contributed by atoms with Crippen molar-refractivity contribution in [2.75, 3.05) is 0 Å². The predicted octanol–water partition coefficient (Wildman–Crippen LogP) is 11.0. The average molecular weight is 609 g/mol. The molecule has 7 aromatic rings. The number of para-hydroxylation sites is 1. The number of nitrogens with zero attached hydrogens (tertiary/aromatic N) is 4. The molecule has 0 bridgehead atoms. The molecule has 0 spiro atoms. The van der Waals surface area contributed by atoms with Crippen LogP contribution in [0.2, 0.25) is 0 Å². The highest BCUT2D eigenvalue weighted by atomic mass is 15.0. The zero-order chi connectivity index (χ0) is 32.1. The Morgan fingerprint density at radius 3 is 1.91 bits per heavy atom. The van der Waals surface area contributed by atoms with E-state index in [1.54, 1.807) is 0 Å². The minimum Gasteiger partial charge on any atom is -0.313 e. The van der Waals surface area contributed by atoms with Gasteiger partial charge in [-0.2, -0.15) is 0 Å². The van der Waals surface area contributed by atoms with Gasteiger partial charge in [0, 0.05) is 38.6 Å². The van der Waals surface area contributed by atoms with Gasteiger partial charge in [0.25, 0.3) is 0 Å². The van der Waals surface area contributed by atoms with Gasteiger partial charge in [0.1, 0.15) is 0 Å². The summed E-state index contributed by atoms with van der Waals surface area (Å²) in [5.41, 5.74) is 11.8. The molecule has 1 aliphatic rings. The lowest BCUT2D eigenvalue weighted by atomic mass is 9.82. The van der Waals surface area contributed by atoms with Gasteiger partial charge in [0.2, 0.25) is 0 Å². The molecule has 5 aromatic carbocycles. The first-order chi connectivity index (χ1) is 23.0. The van der Waals surface area contributed by atoms with E-state index >= 15 is 0 Å². The van der Waals surface area contributed by atoms with E-state index in [1.807, 2.05) is 60.7 Å². The number of allylic oxidation sites excluding steroid dienone is 4. The lowest BCUT2D eigenvalue weighted by Gasteiger charge is -2.22. The van der Waals surface area contributed by atoms with Gasteiger partial charge in [-0.05, 0) is 59.9 Å². The number of hydrogen-bond donors (Lipinski definition) is 0. The Labute approximate surface area is 275 Å². The summed E-state index contributed by atoms with van der Waals surface area (Å²) in [6.45, 7) is 8.98.